The second-order valence-corrected chi connectivity index (χ2v) is 3.02. The van der Waals surface area contributed by atoms with E-state index in [4.69, 9.17) is 0 Å². The maximum absolute atomic E-state index is 3.77. The lowest BCUT2D eigenvalue weighted by atomic mass is 10.0. The maximum Gasteiger partial charge on any atom is -0.0103 e. The first-order valence-electron chi connectivity index (χ1n) is 4.05. The highest BCUT2D eigenvalue weighted by atomic mass is 14.3. The fourth-order valence-electron chi connectivity index (χ4n) is 1.39. The molecule has 0 amide bonds. The summed E-state index contributed by atoms with van der Waals surface area (Å²) < 4.78 is 0. The molecule has 0 spiro atoms. The molecule has 0 aliphatic heterocycles. The SMILES string of the molecule is C=Cc1[c]cccc1C1CC1. The van der Waals surface area contributed by atoms with Crippen LogP contribution < -0.4 is 0 Å². The van der Waals surface area contributed by atoms with Gasteiger partial charge in [-0.25, -0.2) is 0 Å². The Morgan fingerprint density at radius 2 is 2.36 bits per heavy atom. The van der Waals surface area contributed by atoms with Crippen molar-refractivity contribution < 1.29 is 0 Å². The monoisotopic (exact) mass is 143 g/mol. The molecule has 1 saturated carbocycles. The zero-order valence-corrected chi connectivity index (χ0v) is 6.51. The van der Waals surface area contributed by atoms with Crippen LogP contribution in [-0.2, 0) is 0 Å². The predicted octanol–water partition coefficient (Wildman–Crippen LogP) is 3.01. The van der Waals surface area contributed by atoms with Gasteiger partial charge in [-0.1, -0.05) is 30.9 Å². The fraction of sp³-hybridized carbons (Fsp3) is 0.273. The van der Waals surface area contributed by atoms with E-state index in [9.17, 15) is 0 Å². The van der Waals surface area contributed by atoms with Crippen LogP contribution in [-0.4, -0.2) is 0 Å². The van der Waals surface area contributed by atoms with Gasteiger partial charge >= 0.3 is 0 Å². The number of benzene rings is 1. The minimum Gasteiger partial charge on any atom is -0.0984 e. The first kappa shape index (κ1) is 6.66. The van der Waals surface area contributed by atoms with Gasteiger partial charge in [0.2, 0.25) is 0 Å². The first-order chi connectivity index (χ1) is 5.42. The quantitative estimate of drug-likeness (QED) is 0.597. The summed E-state index contributed by atoms with van der Waals surface area (Å²) in [4.78, 5) is 0. The van der Waals surface area contributed by atoms with Crippen molar-refractivity contribution in [2.24, 2.45) is 0 Å². The Morgan fingerprint density at radius 1 is 1.55 bits per heavy atom. The van der Waals surface area contributed by atoms with Gasteiger partial charge in [0, 0.05) is 0 Å². The number of hydrogen-bond acceptors (Lipinski definition) is 0. The summed E-state index contributed by atoms with van der Waals surface area (Å²) in [5, 5.41) is 0. The van der Waals surface area contributed by atoms with Crippen LogP contribution in [0.2, 0.25) is 0 Å². The highest BCUT2D eigenvalue weighted by Gasteiger charge is 2.24. The third-order valence-electron chi connectivity index (χ3n) is 2.14. The summed E-state index contributed by atoms with van der Waals surface area (Å²) in [6.07, 6.45) is 4.59. The smallest absolute Gasteiger partial charge is 0.0103 e. The molecule has 55 valence electrons. The zero-order chi connectivity index (χ0) is 7.68. The van der Waals surface area contributed by atoms with Crippen LogP contribution in [0.1, 0.15) is 29.9 Å². The molecule has 0 unspecified atom stereocenters. The Kier molecular flexibility index (Phi) is 1.54. The molecule has 0 heterocycles. The second-order valence-electron chi connectivity index (χ2n) is 3.02. The summed E-state index contributed by atoms with van der Waals surface area (Å²) in [5.74, 6) is 0.806. The van der Waals surface area contributed by atoms with Crippen LogP contribution in [0.3, 0.4) is 0 Å². The van der Waals surface area contributed by atoms with E-state index in [0.717, 1.165) is 5.92 Å². The van der Waals surface area contributed by atoms with E-state index in [0.29, 0.717) is 0 Å². The van der Waals surface area contributed by atoms with E-state index in [1.165, 1.54) is 24.0 Å². The van der Waals surface area contributed by atoms with Gasteiger partial charge in [-0.15, -0.1) is 0 Å². The summed E-state index contributed by atoms with van der Waals surface area (Å²) >= 11 is 0. The molecule has 1 aromatic carbocycles. The van der Waals surface area contributed by atoms with Crippen LogP contribution in [0.15, 0.2) is 24.8 Å². The van der Waals surface area contributed by atoms with Gasteiger partial charge < -0.3 is 0 Å². The van der Waals surface area contributed by atoms with Crippen molar-refractivity contribution in [3.8, 4) is 0 Å². The molecule has 1 aliphatic carbocycles. The van der Waals surface area contributed by atoms with Gasteiger partial charge in [-0.3, -0.25) is 0 Å². The van der Waals surface area contributed by atoms with Crippen molar-refractivity contribution >= 4 is 6.08 Å². The van der Waals surface area contributed by atoms with E-state index < -0.39 is 0 Å². The van der Waals surface area contributed by atoms with E-state index in [1.54, 1.807) is 0 Å². The Bertz CT molecular complexity index is 269. The molecule has 1 radical (unpaired) electrons. The van der Waals surface area contributed by atoms with Crippen LogP contribution in [0.4, 0.5) is 0 Å². The molecule has 0 N–H and O–H groups in total. The van der Waals surface area contributed by atoms with Crippen LogP contribution in [0, 0.1) is 6.07 Å². The standard InChI is InChI=1S/C11H11/c1-2-9-5-3-4-6-11(9)10-7-8-10/h2-4,6,10H,1,7-8H2. The normalized spacial score (nSPS) is 16.4. The van der Waals surface area contributed by atoms with E-state index in [1.807, 2.05) is 12.1 Å². The first-order valence-corrected chi connectivity index (χ1v) is 4.05. The maximum atomic E-state index is 3.77. The van der Waals surface area contributed by atoms with Crippen molar-refractivity contribution in [1.29, 1.82) is 0 Å². The zero-order valence-electron chi connectivity index (χ0n) is 6.51. The molecule has 1 fully saturated rings. The Labute approximate surface area is 67.6 Å². The minimum atomic E-state index is 0.806. The average molecular weight is 143 g/mol. The van der Waals surface area contributed by atoms with Crippen LogP contribution >= 0.6 is 0 Å². The predicted molar refractivity (Wildman–Crippen MR) is 47.3 cm³/mol. The topological polar surface area (TPSA) is 0 Å². The molecular formula is C11H11. The Balaban J connectivity index is 2.42. The van der Waals surface area contributed by atoms with Gasteiger partial charge in [0.25, 0.3) is 0 Å². The third-order valence-corrected chi connectivity index (χ3v) is 2.14. The largest absolute Gasteiger partial charge is 0.0984 e. The molecule has 1 aromatic rings. The van der Waals surface area contributed by atoms with E-state index in [-0.39, 0.29) is 0 Å². The molecule has 0 aromatic heterocycles. The lowest BCUT2D eigenvalue weighted by Gasteiger charge is -2.01. The molecule has 1 aliphatic rings. The summed E-state index contributed by atoms with van der Waals surface area (Å²) in [6.45, 7) is 3.77. The lowest BCUT2D eigenvalue weighted by molar-refractivity contribution is 1.12. The average Bonchev–Trinajstić information content (AvgIpc) is 2.87. The van der Waals surface area contributed by atoms with Crippen LogP contribution in [0.5, 0.6) is 0 Å². The molecule has 11 heavy (non-hydrogen) atoms. The fourth-order valence-corrected chi connectivity index (χ4v) is 1.39. The van der Waals surface area contributed by atoms with Crippen molar-refractivity contribution in [2.45, 2.75) is 18.8 Å². The number of rotatable bonds is 2. The summed E-state index contributed by atoms with van der Waals surface area (Å²) in [5.41, 5.74) is 2.62. The highest BCUT2D eigenvalue weighted by Crippen LogP contribution is 2.41. The highest BCUT2D eigenvalue weighted by molar-refractivity contribution is 5.53. The third kappa shape index (κ3) is 1.21. The molecule has 0 bridgehead atoms. The Morgan fingerprint density at radius 3 is 3.00 bits per heavy atom. The lowest BCUT2D eigenvalue weighted by Crippen LogP contribution is -1.83. The van der Waals surface area contributed by atoms with E-state index >= 15 is 0 Å². The molecule has 0 saturated heterocycles. The van der Waals surface area contributed by atoms with Gasteiger partial charge in [0.05, 0.1) is 0 Å². The van der Waals surface area contributed by atoms with Gasteiger partial charge in [-0.05, 0) is 36.0 Å². The van der Waals surface area contributed by atoms with Crippen molar-refractivity contribution in [3.63, 3.8) is 0 Å². The van der Waals surface area contributed by atoms with Crippen molar-refractivity contribution in [3.05, 3.63) is 42.0 Å². The van der Waals surface area contributed by atoms with Crippen molar-refractivity contribution in [2.75, 3.05) is 0 Å². The molecule has 0 atom stereocenters. The second kappa shape index (κ2) is 2.54. The minimum absolute atomic E-state index is 0.806. The van der Waals surface area contributed by atoms with E-state index in [2.05, 4.69) is 24.8 Å². The van der Waals surface area contributed by atoms with Crippen LogP contribution in [0.25, 0.3) is 6.08 Å². The summed E-state index contributed by atoms with van der Waals surface area (Å²) in [7, 11) is 0. The Hall–Kier alpha value is -1.04. The molecule has 0 heteroatoms. The number of hydrogen-bond donors (Lipinski definition) is 0. The molecule has 2 rings (SSSR count). The molecule has 0 nitrogen and oxygen atoms in total. The van der Waals surface area contributed by atoms with Crippen molar-refractivity contribution in [1.82, 2.24) is 0 Å². The molecular weight excluding hydrogens is 132 g/mol. The van der Waals surface area contributed by atoms with Gasteiger partial charge in [0.15, 0.2) is 0 Å². The van der Waals surface area contributed by atoms with Gasteiger partial charge in [-0.2, -0.15) is 0 Å². The summed E-state index contributed by atoms with van der Waals surface area (Å²) in [6, 6.07) is 9.38. The van der Waals surface area contributed by atoms with Gasteiger partial charge in [0.1, 0.15) is 0 Å².